The molecule has 3 aliphatic rings. The molecule has 0 aliphatic carbocycles. The van der Waals surface area contributed by atoms with Gasteiger partial charge < -0.3 is 16.0 Å². The number of hydrogen-bond donors (Lipinski definition) is 2. The van der Waals surface area contributed by atoms with E-state index in [4.69, 9.17) is 17.1 Å². The lowest BCUT2D eigenvalue weighted by atomic mass is 9.86. The molecule has 200 valence electrons. The second kappa shape index (κ2) is 10.6. The first-order valence-corrected chi connectivity index (χ1v) is 13.4. The number of benzene rings is 1. The molecular formula is C31H30FN8+. The summed E-state index contributed by atoms with van der Waals surface area (Å²) in [5.74, 6) is 3.05. The summed E-state index contributed by atoms with van der Waals surface area (Å²) in [6.07, 6.45) is 13.9. The molecule has 0 spiro atoms. The number of aromatic nitrogens is 3. The van der Waals surface area contributed by atoms with E-state index < -0.39 is 0 Å². The number of nitriles is 1. The number of hydrogen-bond acceptors (Lipinski definition) is 6. The largest absolute Gasteiger partial charge is 0.353 e. The van der Waals surface area contributed by atoms with Crippen molar-refractivity contribution in [2.24, 2.45) is 5.73 Å². The minimum absolute atomic E-state index is 0.290. The van der Waals surface area contributed by atoms with Gasteiger partial charge in [-0.1, -0.05) is 18.1 Å². The zero-order chi connectivity index (χ0) is 27.8. The third-order valence-electron chi connectivity index (χ3n) is 8.01. The average Bonchev–Trinajstić information content (AvgIpc) is 3.42. The van der Waals surface area contributed by atoms with Crippen molar-refractivity contribution in [2.45, 2.75) is 25.0 Å². The summed E-state index contributed by atoms with van der Waals surface area (Å²) >= 11 is 0. The van der Waals surface area contributed by atoms with Crippen molar-refractivity contribution in [3.05, 3.63) is 89.3 Å². The SMILES string of the molecule is C#Cc1cccc(CN2C3CC2CN(c2ccc(-c4cc(C(=C[NH2+]C)CN)cn5ncc(C#N)c45)cn2)C3)c1F. The molecule has 3 aliphatic heterocycles. The molecule has 3 saturated heterocycles. The van der Waals surface area contributed by atoms with E-state index in [-0.39, 0.29) is 5.82 Å². The molecule has 3 fully saturated rings. The quantitative estimate of drug-likeness (QED) is 0.354. The van der Waals surface area contributed by atoms with E-state index >= 15 is 0 Å². The summed E-state index contributed by atoms with van der Waals surface area (Å²) in [5.41, 5.74) is 11.9. The van der Waals surface area contributed by atoms with Gasteiger partial charge in [0.15, 0.2) is 0 Å². The fraction of sp³-hybridized carbons (Fsp3) is 0.258. The van der Waals surface area contributed by atoms with Gasteiger partial charge in [0.05, 0.1) is 36.1 Å². The van der Waals surface area contributed by atoms with Crippen molar-refractivity contribution in [2.75, 3.05) is 31.6 Å². The maximum absolute atomic E-state index is 14.7. The minimum atomic E-state index is -0.290. The molecule has 40 heavy (non-hydrogen) atoms. The summed E-state index contributed by atoms with van der Waals surface area (Å²) < 4.78 is 16.5. The Kier molecular flexibility index (Phi) is 6.79. The summed E-state index contributed by atoms with van der Waals surface area (Å²) in [4.78, 5) is 9.49. The van der Waals surface area contributed by atoms with Crippen LogP contribution in [0.2, 0.25) is 0 Å². The number of piperazine rings is 1. The number of anilines is 1. The molecule has 2 unspecified atom stereocenters. The van der Waals surface area contributed by atoms with E-state index in [1.54, 1.807) is 16.8 Å². The van der Waals surface area contributed by atoms with Crippen LogP contribution >= 0.6 is 0 Å². The number of nitrogens with zero attached hydrogens (tertiary/aromatic N) is 6. The smallest absolute Gasteiger partial charge is 0.143 e. The maximum atomic E-state index is 14.7. The molecule has 4 aromatic rings. The van der Waals surface area contributed by atoms with Crippen molar-refractivity contribution in [1.82, 2.24) is 19.5 Å². The monoisotopic (exact) mass is 533 g/mol. The van der Waals surface area contributed by atoms with Crippen molar-refractivity contribution < 1.29 is 9.71 Å². The number of quaternary nitrogens is 1. The Morgan fingerprint density at radius 3 is 2.73 bits per heavy atom. The first-order valence-electron chi connectivity index (χ1n) is 13.4. The lowest BCUT2D eigenvalue weighted by Gasteiger charge is -2.56. The molecule has 4 N–H and O–H groups in total. The molecule has 6 heterocycles. The van der Waals surface area contributed by atoms with Crippen LogP contribution in [0.1, 0.15) is 28.7 Å². The molecule has 0 radical (unpaired) electrons. The molecule has 2 atom stereocenters. The number of halogens is 1. The van der Waals surface area contributed by atoms with Gasteiger partial charge in [-0.05, 0) is 30.7 Å². The third-order valence-corrected chi connectivity index (χ3v) is 8.01. The zero-order valence-corrected chi connectivity index (χ0v) is 22.3. The highest BCUT2D eigenvalue weighted by molar-refractivity contribution is 5.87. The van der Waals surface area contributed by atoms with Gasteiger partial charge in [0.1, 0.15) is 17.7 Å². The topological polar surface area (TPSA) is 103 Å². The van der Waals surface area contributed by atoms with E-state index in [1.165, 1.54) is 0 Å². The van der Waals surface area contributed by atoms with E-state index in [2.05, 4.69) is 33.0 Å². The van der Waals surface area contributed by atoms with Gasteiger partial charge in [-0.15, -0.1) is 6.42 Å². The van der Waals surface area contributed by atoms with Crippen molar-refractivity contribution in [3.8, 4) is 29.5 Å². The first-order chi connectivity index (χ1) is 19.5. The van der Waals surface area contributed by atoms with Crippen LogP contribution in [0.25, 0.3) is 22.2 Å². The van der Waals surface area contributed by atoms with E-state index in [1.807, 2.05) is 55.2 Å². The highest BCUT2D eigenvalue weighted by Gasteiger charge is 2.45. The van der Waals surface area contributed by atoms with Crippen molar-refractivity contribution >= 4 is 16.9 Å². The highest BCUT2D eigenvalue weighted by atomic mass is 19.1. The van der Waals surface area contributed by atoms with Gasteiger partial charge in [-0.3, -0.25) is 4.90 Å². The number of pyridine rings is 2. The van der Waals surface area contributed by atoms with Crippen LogP contribution in [0.15, 0.2) is 61.2 Å². The Bertz CT molecular complexity index is 1680. The molecule has 1 aromatic carbocycles. The van der Waals surface area contributed by atoms with Crippen LogP contribution in [0, 0.1) is 29.5 Å². The van der Waals surface area contributed by atoms with Crippen LogP contribution in [-0.2, 0) is 6.54 Å². The molecule has 7 rings (SSSR count). The number of piperidine rings is 1. The van der Waals surface area contributed by atoms with Gasteiger partial charge in [0, 0.05) is 78.5 Å². The minimum Gasteiger partial charge on any atom is -0.353 e. The Morgan fingerprint density at radius 2 is 2.05 bits per heavy atom. The van der Waals surface area contributed by atoms with E-state index in [9.17, 15) is 9.65 Å². The van der Waals surface area contributed by atoms with Gasteiger partial charge in [0.2, 0.25) is 0 Å². The molecule has 2 bridgehead atoms. The molecule has 0 amide bonds. The van der Waals surface area contributed by atoms with E-state index in [0.29, 0.717) is 41.9 Å². The van der Waals surface area contributed by atoms with Crippen LogP contribution in [-0.4, -0.2) is 58.3 Å². The van der Waals surface area contributed by atoms with Crippen molar-refractivity contribution in [3.63, 3.8) is 0 Å². The predicted molar refractivity (Wildman–Crippen MR) is 152 cm³/mol. The van der Waals surface area contributed by atoms with Crippen LogP contribution in [0.3, 0.4) is 0 Å². The second-order valence-corrected chi connectivity index (χ2v) is 10.3. The Hall–Kier alpha value is -4.54. The third kappa shape index (κ3) is 4.41. The van der Waals surface area contributed by atoms with Gasteiger partial charge in [-0.2, -0.15) is 10.4 Å². The van der Waals surface area contributed by atoms with Crippen molar-refractivity contribution in [1.29, 1.82) is 5.26 Å². The van der Waals surface area contributed by atoms with Crippen LogP contribution < -0.4 is 16.0 Å². The summed E-state index contributed by atoms with van der Waals surface area (Å²) in [7, 11) is 1.96. The second-order valence-electron chi connectivity index (χ2n) is 10.3. The van der Waals surface area contributed by atoms with Crippen LogP contribution in [0.5, 0.6) is 0 Å². The maximum Gasteiger partial charge on any atom is 0.143 e. The number of nitrogens with two attached hydrogens (primary N) is 2. The Labute approximate surface area is 232 Å². The Balaban J connectivity index is 1.24. The highest BCUT2D eigenvalue weighted by Crippen LogP contribution is 2.37. The predicted octanol–water partition coefficient (Wildman–Crippen LogP) is 2.34. The average molecular weight is 534 g/mol. The Morgan fingerprint density at radius 1 is 1.23 bits per heavy atom. The summed E-state index contributed by atoms with van der Waals surface area (Å²) in [6, 6.07) is 14.4. The summed E-state index contributed by atoms with van der Waals surface area (Å²) in [5, 5.41) is 16.1. The fourth-order valence-electron chi connectivity index (χ4n) is 5.96. The van der Waals surface area contributed by atoms with Gasteiger partial charge >= 0.3 is 0 Å². The lowest BCUT2D eigenvalue weighted by molar-refractivity contribution is -0.555. The normalized spacial score (nSPS) is 18.8. The van der Waals surface area contributed by atoms with E-state index in [0.717, 1.165) is 53.1 Å². The molecule has 8 nitrogen and oxygen atoms in total. The first kappa shape index (κ1) is 25.7. The summed E-state index contributed by atoms with van der Waals surface area (Å²) in [6.45, 7) is 2.61. The standard InChI is InChI=1S/C31H29FN8/c1-3-20-5-4-6-22(30(20)32)16-39-26-10-27(39)19-38(18-26)29-8-7-21(14-36-29)28-9-23(24(11-33)13-35-2)17-40-31(28)25(12-34)15-37-40/h1,4-9,13-15,17,26-27,35H,10-11,16,18-19,33H2,2H3/p+1. The zero-order valence-electron chi connectivity index (χ0n) is 22.3. The lowest BCUT2D eigenvalue weighted by Crippen LogP contribution is -2.73. The number of rotatable bonds is 7. The molecule has 0 saturated carbocycles. The number of fused-ring (bicyclic) bond motifs is 3. The molecular weight excluding hydrogens is 503 g/mol. The van der Waals surface area contributed by atoms with Gasteiger partial charge in [0.25, 0.3) is 0 Å². The molecule has 9 heteroatoms. The number of terminal acetylenes is 1. The fourth-order valence-corrected chi connectivity index (χ4v) is 5.96. The molecule has 3 aromatic heterocycles. The van der Waals surface area contributed by atoms with Gasteiger partial charge in [-0.25, -0.2) is 13.9 Å². The van der Waals surface area contributed by atoms with Crippen LogP contribution in [0.4, 0.5) is 10.2 Å².